The molecule has 120 valence electrons. The second kappa shape index (κ2) is 6.32. The number of carboxylic acids is 1. The van der Waals surface area contributed by atoms with Crippen molar-refractivity contribution in [1.82, 2.24) is 0 Å². The van der Waals surface area contributed by atoms with Crippen LogP contribution in [0.4, 0.5) is 0 Å². The van der Waals surface area contributed by atoms with Crippen molar-refractivity contribution in [3.8, 4) is 11.1 Å². The fraction of sp³-hybridized carbons (Fsp3) is 0.136. The molecular weight excluding hydrogens is 296 g/mol. The van der Waals surface area contributed by atoms with Gasteiger partial charge in [-0.2, -0.15) is 0 Å². The van der Waals surface area contributed by atoms with Gasteiger partial charge in [-0.1, -0.05) is 86.6 Å². The standard InChI is InChI=1S/C22H20O2/c1-22(2,20-15-9-7-13-18(20)21(23)24)19-14-8-6-12-17(19)16-10-4-3-5-11-16/h3-15H,1-2H3,(H,23,24). The first-order chi connectivity index (χ1) is 11.5. The van der Waals surface area contributed by atoms with Crippen molar-refractivity contribution >= 4 is 5.97 Å². The molecule has 0 unspecified atom stereocenters. The molecule has 2 nitrogen and oxygen atoms in total. The maximum Gasteiger partial charge on any atom is 0.335 e. The van der Waals surface area contributed by atoms with E-state index in [0.29, 0.717) is 5.56 Å². The highest BCUT2D eigenvalue weighted by molar-refractivity contribution is 5.90. The summed E-state index contributed by atoms with van der Waals surface area (Å²) < 4.78 is 0. The molecule has 3 aromatic rings. The van der Waals surface area contributed by atoms with Crippen LogP contribution in [0.1, 0.15) is 35.3 Å². The van der Waals surface area contributed by atoms with E-state index in [9.17, 15) is 9.90 Å². The van der Waals surface area contributed by atoms with Crippen molar-refractivity contribution in [3.63, 3.8) is 0 Å². The Bertz CT molecular complexity index is 864. The third kappa shape index (κ3) is 2.83. The molecule has 1 N–H and O–H groups in total. The average molecular weight is 316 g/mol. The maximum absolute atomic E-state index is 11.7. The van der Waals surface area contributed by atoms with Crippen LogP contribution < -0.4 is 0 Å². The molecule has 0 bridgehead atoms. The number of hydrogen-bond acceptors (Lipinski definition) is 1. The molecule has 0 saturated heterocycles. The molecule has 2 heteroatoms. The van der Waals surface area contributed by atoms with Gasteiger partial charge in [-0.15, -0.1) is 0 Å². The third-order valence-electron chi connectivity index (χ3n) is 4.52. The van der Waals surface area contributed by atoms with Gasteiger partial charge in [0, 0.05) is 5.41 Å². The Morgan fingerprint density at radius 2 is 1.29 bits per heavy atom. The molecule has 0 aromatic heterocycles. The first-order valence-electron chi connectivity index (χ1n) is 7.99. The molecule has 0 aliphatic carbocycles. The monoisotopic (exact) mass is 316 g/mol. The van der Waals surface area contributed by atoms with Crippen molar-refractivity contribution < 1.29 is 9.90 Å². The molecule has 3 rings (SSSR count). The Morgan fingerprint density at radius 3 is 1.96 bits per heavy atom. The molecule has 0 amide bonds. The molecule has 0 atom stereocenters. The minimum Gasteiger partial charge on any atom is -0.478 e. The highest BCUT2D eigenvalue weighted by Crippen LogP contribution is 2.39. The lowest BCUT2D eigenvalue weighted by Crippen LogP contribution is -2.23. The summed E-state index contributed by atoms with van der Waals surface area (Å²) in [5.41, 5.74) is 4.12. The van der Waals surface area contributed by atoms with Crippen molar-refractivity contribution in [2.24, 2.45) is 0 Å². The summed E-state index contributed by atoms with van der Waals surface area (Å²) in [6, 6.07) is 25.6. The third-order valence-corrected chi connectivity index (χ3v) is 4.52. The maximum atomic E-state index is 11.7. The van der Waals surface area contributed by atoms with E-state index in [1.807, 2.05) is 42.5 Å². The highest BCUT2D eigenvalue weighted by atomic mass is 16.4. The van der Waals surface area contributed by atoms with Crippen LogP contribution in [0.15, 0.2) is 78.9 Å². The number of carbonyl (C=O) groups is 1. The summed E-state index contributed by atoms with van der Waals surface area (Å²) >= 11 is 0. The predicted molar refractivity (Wildman–Crippen MR) is 97.4 cm³/mol. The topological polar surface area (TPSA) is 37.3 Å². The Balaban J connectivity index is 2.21. The number of aromatic carboxylic acids is 1. The minimum absolute atomic E-state index is 0.352. The predicted octanol–water partition coefficient (Wildman–Crippen LogP) is 5.38. The molecule has 24 heavy (non-hydrogen) atoms. The van der Waals surface area contributed by atoms with Crippen LogP contribution in [-0.2, 0) is 5.41 Å². The van der Waals surface area contributed by atoms with Gasteiger partial charge in [0.25, 0.3) is 0 Å². The first kappa shape index (κ1) is 16.0. The average Bonchev–Trinajstić information content (AvgIpc) is 2.62. The zero-order valence-corrected chi connectivity index (χ0v) is 13.9. The second-order valence-electron chi connectivity index (χ2n) is 6.39. The second-order valence-corrected chi connectivity index (χ2v) is 6.39. The number of hydrogen-bond donors (Lipinski definition) is 1. The van der Waals surface area contributed by atoms with E-state index in [1.165, 1.54) is 0 Å². The normalized spacial score (nSPS) is 11.2. The van der Waals surface area contributed by atoms with E-state index < -0.39 is 11.4 Å². The smallest absolute Gasteiger partial charge is 0.335 e. The van der Waals surface area contributed by atoms with Gasteiger partial charge in [0.1, 0.15) is 0 Å². The Hall–Kier alpha value is -2.87. The van der Waals surface area contributed by atoms with E-state index >= 15 is 0 Å². The van der Waals surface area contributed by atoms with Gasteiger partial charge in [-0.3, -0.25) is 0 Å². The molecule has 3 aromatic carbocycles. The SMILES string of the molecule is CC(C)(c1ccccc1C(=O)O)c1ccccc1-c1ccccc1. The van der Waals surface area contributed by atoms with Crippen LogP contribution in [-0.4, -0.2) is 11.1 Å². The molecule has 0 fully saturated rings. The fourth-order valence-electron chi connectivity index (χ4n) is 3.26. The summed E-state index contributed by atoms with van der Waals surface area (Å²) in [5.74, 6) is -0.893. The quantitative estimate of drug-likeness (QED) is 0.702. The van der Waals surface area contributed by atoms with Crippen LogP contribution in [0.3, 0.4) is 0 Å². The molecule has 0 heterocycles. The number of carboxylic acid groups (broad SMARTS) is 1. The van der Waals surface area contributed by atoms with Crippen LogP contribution >= 0.6 is 0 Å². The molecule has 0 radical (unpaired) electrons. The summed E-state index contributed by atoms with van der Waals surface area (Å²) in [6.07, 6.45) is 0. The lowest BCUT2D eigenvalue weighted by Gasteiger charge is -2.30. The Morgan fingerprint density at radius 1 is 0.750 bits per heavy atom. The van der Waals surface area contributed by atoms with Crippen LogP contribution in [0.2, 0.25) is 0 Å². The summed E-state index contributed by atoms with van der Waals surface area (Å²) in [5, 5.41) is 9.56. The minimum atomic E-state index is -0.893. The largest absolute Gasteiger partial charge is 0.478 e. The first-order valence-corrected chi connectivity index (χ1v) is 7.99. The zero-order valence-electron chi connectivity index (χ0n) is 13.9. The molecule has 0 spiro atoms. The molecule has 0 aliphatic heterocycles. The molecular formula is C22H20O2. The Labute approximate surface area is 142 Å². The van der Waals surface area contributed by atoms with E-state index in [0.717, 1.165) is 22.3 Å². The van der Waals surface area contributed by atoms with Gasteiger partial charge in [0.05, 0.1) is 5.56 Å². The molecule has 0 aliphatic rings. The van der Waals surface area contributed by atoms with Crippen molar-refractivity contribution in [2.45, 2.75) is 19.3 Å². The fourth-order valence-corrected chi connectivity index (χ4v) is 3.26. The van der Waals surface area contributed by atoms with Gasteiger partial charge in [0.2, 0.25) is 0 Å². The highest BCUT2D eigenvalue weighted by Gasteiger charge is 2.29. The van der Waals surface area contributed by atoms with Gasteiger partial charge < -0.3 is 5.11 Å². The summed E-state index contributed by atoms with van der Waals surface area (Å²) in [6.45, 7) is 4.16. The Kier molecular flexibility index (Phi) is 4.22. The number of rotatable bonds is 4. The lowest BCUT2D eigenvalue weighted by atomic mass is 9.73. The van der Waals surface area contributed by atoms with Gasteiger partial charge in [-0.25, -0.2) is 4.79 Å². The number of benzene rings is 3. The van der Waals surface area contributed by atoms with E-state index in [-0.39, 0.29) is 0 Å². The molecule has 0 saturated carbocycles. The van der Waals surface area contributed by atoms with Gasteiger partial charge in [0.15, 0.2) is 0 Å². The zero-order chi connectivity index (χ0) is 17.2. The van der Waals surface area contributed by atoms with Crippen molar-refractivity contribution in [1.29, 1.82) is 0 Å². The lowest BCUT2D eigenvalue weighted by molar-refractivity contribution is 0.0694. The van der Waals surface area contributed by atoms with Crippen LogP contribution in [0.25, 0.3) is 11.1 Å². The van der Waals surface area contributed by atoms with Crippen molar-refractivity contribution in [3.05, 3.63) is 95.6 Å². The van der Waals surface area contributed by atoms with E-state index in [2.05, 4.69) is 38.1 Å². The van der Waals surface area contributed by atoms with Crippen molar-refractivity contribution in [2.75, 3.05) is 0 Å². The van der Waals surface area contributed by atoms with E-state index in [4.69, 9.17) is 0 Å². The van der Waals surface area contributed by atoms with Crippen LogP contribution in [0.5, 0.6) is 0 Å². The van der Waals surface area contributed by atoms with Crippen LogP contribution in [0, 0.1) is 0 Å². The van der Waals surface area contributed by atoms with Gasteiger partial charge in [-0.05, 0) is 28.3 Å². The van der Waals surface area contributed by atoms with Gasteiger partial charge >= 0.3 is 5.97 Å². The van der Waals surface area contributed by atoms with E-state index in [1.54, 1.807) is 12.1 Å². The summed E-state index contributed by atoms with van der Waals surface area (Å²) in [7, 11) is 0. The summed E-state index contributed by atoms with van der Waals surface area (Å²) in [4.78, 5) is 11.7.